The Bertz CT molecular complexity index is 1240. The molecule has 3 unspecified atom stereocenters. The maximum atomic E-state index is 13.0. The van der Waals surface area contributed by atoms with Gasteiger partial charge in [0.1, 0.15) is 23.8 Å². The molecule has 3 rings (SSSR count). The molecule has 2 amide bonds. The lowest BCUT2D eigenvalue weighted by atomic mass is 9.95. The first-order chi connectivity index (χ1) is 18.2. The average Bonchev–Trinajstić information content (AvgIpc) is 2.89. The van der Waals surface area contributed by atoms with Crippen molar-refractivity contribution in [3.05, 3.63) is 42.0 Å². The lowest BCUT2D eigenvalue weighted by molar-refractivity contribution is -0.142. The van der Waals surface area contributed by atoms with E-state index in [1.54, 1.807) is 32.8 Å². The van der Waals surface area contributed by atoms with Crippen LogP contribution >= 0.6 is 0 Å². The van der Waals surface area contributed by atoms with E-state index in [2.05, 4.69) is 60.9 Å². The van der Waals surface area contributed by atoms with Crippen molar-refractivity contribution in [2.45, 2.75) is 72.6 Å². The first-order valence-electron chi connectivity index (χ1n) is 13.5. The molecule has 39 heavy (non-hydrogen) atoms. The average molecular weight is 538 g/mol. The molecule has 10 heteroatoms. The van der Waals surface area contributed by atoms with Crippen LogP contribution in [0.5, 0.6) is 0 Å². The molecule has 1 aromatic carbocycles. The summed E-state index contributed by atoms with van der Waals surface area (Å²) in [6, 6.07) is 8.91. The number of hydrazone groups is 1. The van der Waals surface area contributed by atoms with Crippen molar-refractivity contribution in [3.63, 3.8) is 0 Å². The summed E-state index contributed by atoms with van der Waals surface area (Å²) in [6.45, 7) is 12.0. The first-order valence-corrected chi connectivity index (χ1v) is 13.5. The predicted octanol–water partition coefficient (Wildman–Crippen LogP) is 3.02. The van der Waals surface area contributed by atoms with E-state index in [1.165, 1.54) is 5.01 Å². The van der Waals surface area contributed by atoms with Crippen molar-refractivity contribution in [1.82, 2.24) is 20.7 Å². The van der Waals surface area contributed by atoms with Crippen molar-refractivity contribution in [2.75, 3.05) is 18.6 Å². The van der Waals surface area contributed by atoms with E-state index in [-0.39, 0.29) is 23.3 Å². The van der Waals surface area contributed by atoms with Gasteiger partial charge in [-0.05, 0) is 54.9 Å². The summed E-state index contributed by atoms with van der Waals surface area (Å²) in [5, 5.41) is 21.2. The van der Waals surface area contributed by atoms with Gasteiger partial charge in [0.25, 0.3) is 5.91 Å². The number of rotatable bonds is 8. The maximum absolute atomic E-state index is 13.0. The highest BCUT2D eigenvalue weighted by atomic mass is 16.3. The Hall–Kier alpha value is -3.50. The Kier molecular flexibility index (Phi) is 9.68. The minimum Gasteiger partial charge on any atom is -0.384 e. The summed E-state index contributed by atoms with van der Waals surface area (Å²) in [5.41, 5.74) is 11.5. The zero-order chi connectivity index (χ0) is 28.9. The van der Waals surface area contributed by atoms with Crippen LogP contribution in [0.15, 0.2) is 41.5 Å². The van der Waals surface area contributed by atoms with Crippen LogP contribution in [0, 0.1) is 11.3 Å². The third-order valence-corrected chi connectivity index (χ3v) is 6.51. The van der Waals surface area contributed by atoms with E-state index in [9.17, 15) is 14.7 Å². The normalized spacial score (nSPS) is 18.4. The fourth-order valence-electron chi connectivity index (χ4n) is 4.10. The topological polar surface area (TPSA) is 136 Å². The highest BCUT2D eigenvalue weighted by Crippen LogP contribution is 2.22. The Balaban J connectivity index is 1.69. The second kappa shape index (κ2) is 12.6. The zero-order valence-corrected chi connectivity index (χ0v) is 24.1. The minimum atomic E-state index is -1.17. The minimum absolute atomic E-state index is 0.0896. The van der Waals surface area contributed by atoms with Crippen LogP contribution in [-0.2, 0) is 9.59 Å². The number of carbonyl (C=O) groups excluding carboxylic acids is 2. The fourth-order valence-corrected chi connectivity index (χ4v) is 4.10. The predicted molar refractivity (Wildman–Crippen MR) is 157 cm³/mol. The fraction of sp³-hybridized carbons (Fsp3) is 0.517. The van der Waals surface area contributed by atoms with Crippen LogP contribution in [0.2, 0.25) is 0 Å². The third kappa shape index (κ3) is 8.24. The van der Waals surface area contributed by atoms with E-state index in [0.717, 1.165) is 22.9 Å². The summed E-state index contributed by atoms with van der Waals surface area (Å²) in [7, 11) is 1.79. The highest BCUT2D eigenvalue weighted by Gasteiger charge is 2.30. The molecule has 5 N–H and O–H groups in total. The van der Waals surface area contributed by atoms with E-state index in [4.69, 9.17) is 10.7 Å². The van der Waals surface area contributed by atoms with Gasteiger partial charge in [0, 0.05) is 19.0 Å². The van der Waals surface area contributed by atoms with Crippen LogP contribution in [0.4, 0.5) is 5.82 Å². The van der Waals surface area contributed by atoms with Gasteiger partial charge in [-0.2, -0.15) is 5.10 Å². The third-order valence-electron chi connectivity index (χ3n) is 6.51. The van der Waals surface area contributed by atoms with Crippen molar-refractivity contribution < 1.29 is 14.7 Å². The summed E-state index contributed by atoms with van der Waals surface area (Å²) in [4.78, 5) is 29.9. The molecule has 0 radical (unpaired) electrons. The van der Waals surface area contributed by atoms with Gasteiger partial charge < -0.3 is 16.2 Å². The van der Waals surface area contributed by atoms with Crippen molar-refractivity contribution in [1.29, 1.82) is 0 Å². The largest absolute Gasteiger partial charge is 0.384 e. The number of carbonyl (C=O) groups is 2. The molecular weight excluding hydrogens is 494 g/mol. The van der Waals surface area contributed by atoms with Gasteiger partial charge in [-0.25, -0.2) is 15.4 Å². The number of nitrogens with zero attached hydrogens (tertiary/aromatic N) is 4. The van der Waals surface area contributed by atoms with E-state index in [0.29, 0.717) is 24.6 Å². The molecule has 212 valence electrons. The van der Waals surface area contributed by atoms with Crippen LogP contribution in [0.25, 0.3) is 17.0 Å². The number of nitrogens with one attached hydrogen (secondary N) is 2. The van der Waals surface area contributed by atoms with Gasteiger partial charge in [-0.15, -0.1) is 0 Å². The molecule has 1 fully saturated rings. The number of anilines is 1. The Morgan fingerprint density at radius 1 is 1.26 bits per heavy atom. The van der Waals surface area contributed by atoms with E-state index in [1.807, 2.05) is 18.2 Å². The molecule has 2 aromatic rings. The maximum Gasteiger partial charge on any atom is 0.258 e. The summed E-state index contributed by atoms with van der Waals surface area (Å²) < 4.78 is 0. The number of aliphatic hydroxyl groups excluding tert-OH is 1. The summed E-state index contributed by atoms with van der Waals surface area (Å²) >= 11 is 0. The summed E-state index contributed by atoms with van der Waals surface area (Å²) in [6.07, 6.45) is 4.53. The Labute approximate surface area is 231 Å². The Morgan fingerprint density at radius 3 is 2.62 bits per heavy atom. The standard InChI is InChI=1S/C29H43N7O3/c1-18(2)25(37)27(38)31-19(3)28(39)36-16-8-9-22(33-36)26(30)34-35(7)24-13-12-21-11-10-20(17-23(21)32-24)14-15-29(4,5)6/h10-15,17-19,22,25,33,37H,8-9,16H2,1-7H3,(H2,30,34)(H,31,38)/b15-14+. The quantitative estimate of drug-likeness (QED) is 0.231. The SMILES string of the molecule is CC(NC(=O)C(O)C(C)C)C(=O)N1CCCC(/C(N)=N/N(C)c2ccc3ccc(/C=C/C(C)(C)C)cc3n2)N1. The number of hydrazine groups is 1. The number of hydrogen-bond acceptors (Lipinski definition) is 7. The van der Waals surface area contributed by atoms with E-state index >= 15 is 0 Å². The molecule has 0 bridgehead atoms. The van der Waals surface area contributed by atoms with Crippen molar-refractivity contribution in [2.24, 2.45) is 22.2 Å². The monoisotopic (exact) mass is 537 g/mol. The number of nitrogens with two attached hydrogens (primary N) is 1. The first kappa shape index (κ1) is 30.0. The molecular formula is C29H43N7O3. The molecule has 0 saturated carbocycles. The van der Waals surface area contributed by atoms with Gasteiger partial charge in [-0.3, -0.25) is 14.6 Å². The lowest BCUT2D eigenvalue weighted by Crippen LogP contribution is -2.61. The number of pyridine rings is 1. The number of hydrogen-bond donors (Lipinski definition) is 4. The number of benzene rings is 1. The highest BCUT2D eigenvalue weighted by molar-refractivity contribution is 5.90. The molecule has 3 atom stereocenters. The summed E-state index contributed by atoms with van der Waals surface area (Å²) in [5.74, 6) is -0.154. The molecule has 1 aromatic heterocycles. The van der Waals surface area contributed by atoms with Crippen LogP contribution in [-0.4, -0.2) is 64.5 Å². The number of aliphatic hydroxyl groups is 1. The molecule has 1 saturated heterocycles. The number of aromatic nitrogens is 1. The van der Waals surface area contributed by atoms with E-state index < -0.39 is 18.1 Å². The molecule has 0 aliphatic carbocycles. The molecule has 10 nitrogen and oxygen atoms in total. The second-order valence-corrected chi connectivity index (χ2v) is 11.6. The van der Waals surface area contributed by atoms with Gasteiger partial charge in [0.15, 0.2) is 0 Å². The molecule has 1 aliphatic heterocycles. The van der Waals surface area contributed by atoms with Gasteiger partial charge in [0.2, 0.25) is 5.91 Å². The number of amides is 2. The molecule has 2 heterocycles. The lowest BCUT2D eigenvalue weighted by Gasteiger charge is -2.35. The van der Waals surface area contributed by atoms with Crippen LogP contribution < -0.4 is 21.5 Å². The van der Waals surface area contributed by atoms with Crippen molar-refractivity contribution in [3.8, 4) is 0 Å². The molecule has 0 spiro atoms. The van der Waals surface area contributed by atoms with Gasteiger partial charge >= 0.3 is 0 Å². The van der Waals surface area contributed by atoms with Crippen LogP contribution in [0.3, 0.4) is 0 Å². The smallest absolute Gasteiger partial charge is 0.258 e. The number of amidine groups is 1. The molecule has 1 aliphatic rings. The zero-order valence-electron chi connectivity index (χ0n) is 24.1. The second-order valence-electron chi connectivity index (χ2n) is 11.6. The van der Waals surface area contributed by atoms with Gasteiger partial charge in [0.05, 0.1) is 11.6 Å². The number of fused-ring (bicyclic) bond motifs is 1. The van der Waals surface area contributed by atoms with Crippen LogP contribution in [0.1, 0.15) is 59.9 Å². The Morgan fingerprint density at radius 2 is 1.95 bits per heavy atom. The number of allylic oxidation sites excluding steroid dienone is 1. The van der Waals surface area contributed by atoms with Crippen molar-refractivity contribution >= 4 is 40.4 Å². The van der Waals surface area contributed by atoms with Gasteiger partial charge in [-0.1, -0.05) is 58.9 Å².